The molecule has 0 spiro atoms. The number of hydrogen-bond donors (Lipinski definition) is 0. The molecule has 3 heteroatoms. The van der Waals surface area contributed by atoms with E-state index in [1.807, 2.05) is 0 Å². The summed E-state index contributed by atoms with van der Waals surface area (Å²) in [4.78, 5) is 8.03. The Bertz CT molecular complexity index is 644. The van der Waals surface area contributed by atoms with Gasteiger partial charge in [-0.05, 0) is 94.6 Å². The van der Waals surface area contributed by atoms with E-state index < -0.39 is 0 Å². The molecule has 5 atom stereocenters. The van der Waals surface area contributed by atoms with Crippen LogP contribution >= 0.6 is 0 Å². The van der Waals surface area contributed by atoms with Crippen molar-refractivity contribution in [2.24, 2.45) is 17.8 Å². The quantitative estimate of drug-likeness (QED) is 0.757. The van der Waals surface area contributed by atoms with Gasteiger partial charge in [-0.15, -0.1) is 0 Å². The van der Waals surface area contributed by atoms with Crippen LogP contribution in [-0.4, -0.2) is 62.2 Å². The number of likely N-dealkylation sites (tertiary alicyclic amines) is 2. The maximum absolute atomic E-state index is 2.74. The van der Waals surface area contributed by atoms with Gasteiger partial charge in [-0.25, -0.2) is 0 Å². The van der Waals surface area contributed by atoms with Gasteiger partial charge in [0.25, 0.3) is 0 Å². The van der Waals surface area contributed by atoms with E-state index in [2.05, 4.69) is 66.9 Å². The molecular formula is C25H41N3. The van der Waals surface area contributed by atoms with Gasteiger partial charge in [0, 0.05) is 31.4 Å². The summed E-state index contributed by atoms with van der Waals surface area (Å²) in [7, 11) is 4.71. The molecule has 0 amide bonds. The van der Waals surface area contributed by atoms with Crippen LogP contribution in [-0.2, 0) is 6.42 Å². The summed E-state index contributed by atoms with van der Waals surface area (Å²) in [6.07, 6.45) is 8.23. The molecule has 0 N–H and O–H groups in total. The van der Waals surface area contributed by atoms with Crippen molar-refractivity contribution in [1.82, 2.24) is 9.80 Å². The summed E-state index contributed by atoms with van der Waals surface area (Å²) in [5, 5.41) is 0. The van der Waals surface area contributed by atoms with Gasteiger partial charge in [-0.1, -0.05) is 32.0 Å². The molecular weight excluding hydrogens is 342 g/mol. The summed E-state index contributed by atoms with van der Waals surface area (Å²) in [5.74, 6) is 2.51. The van der Waals surface area contributed by atoms with Gasteiger partial charge >= 0.3 is 0 Å². The molecule has 5 unspecified atom stereocenters. The lowest BCUT2D eigenvalue weighted by Crippen LogP contribution is -2.57. The molecule has 3 nitrogen and oxygen atoms in total. The van der Waals surface area contributed by atoms with Gasteiger partial charge in [0.1, 0.15) is 0 Å². The largest absolute Gasteiger partial charge is 0.370 e. The molecule has 0 aromatic heterocycles. The average Bonchev–Trinajstić information content (AvgIpc) is 2.68. The number of piperidine rings is 2. The van der Waals surface area contributed by atoms with Crippen LogP contribution in [0.5, 0.6) is 0 Å². The Morgan fingerprint density at radius 2 is 1.86 bits per heavy atom. The fraction of sp³-hybridized carbons (Fsp3) is 0.760. The fourth-order valence-corrected chi connectivity index (χ4v) is 6.38. The Morgan fingerprint density at radius 1 is 1.04 bits per heavy atom. The third-order valence-electron chi connectivity index (χ3n) is 7.96. The molecule has 1 aromatic rings. The maximum Gasteiger partial charge on any atom is 0.0470 e. The normalized spacial score (nSPS) is 35.0. The van der Waals surface area contributed by atoms with E-state index in [-0.39, 0.29) is 0 Å². The minimum absolute atomic E-state index is 0.637. The summed E-state index contributed by atoms with van der Waals surface area (Å²) in [5.41, 5.74) is 2.99. The number of benzene rings is 1. The number of para-hydroxylation sites is 1. The molecule has 28 heavy (non-hydrogen) atoms. The minimum atomic E-state index is 0.637. The second kappa shape index (κ2) is 8.75. The Morgan fingerprint density at radius 3 is 2.68 bits per heavy atom. The van der Waals surface area contributed by atoms with Crippen LogP contribution in [0.2, 0.25) is 0 Å². The molecule has 4 rings (SSSR count). The van der Waals surface area contributed by atoms with Crippen molar-refractivity contribution in [3.63, 3.8) is 0 Å². The van der Waals surface area contributed by atoms with Gasteiger partial charge in [-0.2, -0.15) is 0 Å². The SMILES string of the molecule is CC1CCCN(CCC2CCN(C)C(C3C(C)Cc4ccccc4N3C)C2)C1. The van der Waals surface area contributed by atoms with Crippen LogP contribution in [0.4, 0.5) is 5.69 Å². The zero-order chi connectivity index (χ0) is 19.7. The van der Waals surface area contributed by atoms with E-state index in [9.17, 15) is 0 Å². The molecule has 0 bridgehead atoms. The van der Waals surface area contributed by atoms with Crippen molar-refractivity contribution in [1.29, 1.82) is 0 Å². The molecule has 156 valence electrons. The summed E-state index contributed by atoms with van der Waals surface area (Å²) >= 11 is 0. The van der Waals surface area contributed by atoms with Gasteiger partial charge in [0.15, 0.2) is 0 Å². The lowest BCUT2D eigenvalue weighted by Gasteiger charge is -2.50. The number of fused-ring (bicyclic) bond motifs is 1. The first-order valence-corrected chi connectivity index (χ1v) is 11.8. The van der Waals surface area contributed by atoms with Crippen molar-refractivity contribution in [3.8, 4) is 0 Å². The van der Waals surface area contributed by atoms with E-state index in [4.69, 9.17) is 0 Å². The molecule has 0 radical (unpaired) electrons. The highest BCUT2D eigenvalue weighted by Gasteiger charge is 2.40. The Hall–Kier alpha value is -1.06. The number of rotatable bonds is 4. The van der Waals surface area contributed by atoms with E-state index in [1.54, 1.807) is 0 Å². The smallest absolute Gasteiger partial charge is 0.0470 e. The van der Waals surface area contributed by atoms with Crippen LogP contribution in [0.3, 0.4) is 0 Å². The van der Waals surface area contributed by atoms with Crippen LogP contribution in [0.1, 0.15) is 51.5 Å². The molecule has 3 heterocycles. The van der Waals surface area contributed by atoms with Crippen LogP contribution in [0.15, 0.2) is 24.3 Å². The van der Waals surface area contributed by atoms with E-state index in [1.165, 1.54) is 76.0 Å². The highest BCUT2D eigenvalue weighted by atomic mass is 15.2. The number of likely N-dealkylation sites (N-methyl/N-ethyl adjacent to an activating group) is 2. The highest BCUT2D eigenvalue weighted by molar-refractivity contribution is 5.56. The summed E-state index contributed by atoms with van der Waals surface area (Å²) < 4.78 is 0. The lowest BCUT2D eigenvalue weighted by molar-refractivity contribution is 0.0871. The number of anilines is 1. The third-order valence-corrected chi connectivity index (χ3v) is 7.96. The molecule has 0 aliphatic carbocycles. The minimum Gasteiger partial charge on any atom is -0.370 e. The van der Waals surface area contributed by atoms with E-state index in [0.717, 1.165) is 11.8 Å². The predicted octanol–water partition coefficient (Wildman–Crippen LogP) is 4.52. The average molecular weight is 384 g/mol. The first kappa shape index (κ1) is 20.2. The van der Waals surface area contributed by atoms with E-state index >= 15 is 0 Å². The van der Waals surface area contributed by atoms with Crippen molar-refractivity contribution in [3.05, 3.63) is 29.8 Å². The second-order valence-electron chi connectivity index (χ2n) is 10.2. The summed E-state index contributed by atoms with van der Waals surface area (Å²) in [6, 6.07) is 10.4. The summed E-state index contributed by atoms with van der Waals surface area (Å²) in [6.45, 7) is 10.2. The Balaban J connectivity index is 1.40. The first-order valence-electron chi connectivity index (χ1n) is 11.8. The van der Waals surface area contributed by atoms with Gasteiger partial charge in [0.05, 0.1) is 0 Å². The number of nitrogens with zero attached hydrogens (tertiary/aromatic N) is 3. The zero-order valence-corrected chi connectivity index (χ0v) is 18.6. The van der Waals surface area contributed by atoms with Crippen molar-refractivity contribution < 1.29 is 0 Å². The third kappa shape index (κ3) is 4.26. The molecule has 0 saturated carbocycles. The van der Waals surface area contributed by atoms with Crippen molar-refractivity contribution in [2.45, 2.75) is 64.5 Å². The Kier molecular flexibility index (Phi) is 6.32. The van der Waals surface area contributed by atoms with Crippen molar-refractivity contribution in [2.75, 3.05) is 45.2 Å². The highest BCUT2D eigenvalue weighted by Crippen LogP contribution is 2.38. The van der Waals surface area contributed by atoms with E-state index in [0.29, 0.717) is 18.0 Å². The molecule has 3 aliphatic rings. The van der Waals surface area contributed by atoms with Gasteiger partial charge in [0.2, 0.25) is 0 Å². The first-order chi connectivity index (χ1) is 13.5. The molecule has 1 aromatic carbocycles. The van der Waals surface area contributed by atoms with Crippen LogP contribution < -0.4 is 4.90 Å². The molecule has 3 aliphatic heterocycles. The zero-order valence-electron chi connectivity index (χ0n) is 18.6. The standard InChI is InChI=1S/C25H41N3/c1-19-8-7-13-28(18-19)15-12-21-11-14-26(3)24(17-21)25-20(2)16-22-9-5-6-10-23(22)27(25)4/h5-6,9-10,19-21,24-25H,7-8,11-18H2,1-4H3. The van der Waals surface area contributed by atoms with Gasteiger partial charge < -0.3 is 14.7 Å². The van der Waals surface area contributed by atoms with Crippen molar-refractivity contribution >= 4 is 5.69 Å². The number of hydrogen-bond acceptors (Lipinski definition) is 3. The molecule has 2 saturated heterocycles. The van der Waals surface area contributed by atoms with Crippen LogP contribution in [0.25, 0.3) is 0 Å². The predicted molar refractivity (Wildman–Crippen MR) is 120 cm³/mol. The fourth-order valence-electron chi connectivity index (χ4n) is 6.38. The maximum atomic E-state index is 2.74. The van der Waals surface area contributed by atoms with Crippen LogP contribution in [0, 0.1) is 17.8 Å². The topological polar surface area (TPSA) is 9.72 Å². The monoisotopic (exact) mass is 383 g/mol. The lowest BCUT2D eigenvalue weighted by atomic mass is 9.77. The van der Waals surface area contributed by atoms with Gasteiger partial charge in [-0.3, -0.25) is 0 Å². The second-order valence-corrected chi connectivity index (χ2v) is 10.2. The molecule has 2 fully saturated rings. The Labute approximate surface area is 173 Å².